The van der Waals surface area contributed by atoms with Crippen molar-refractivity contribution in [2.24, 2.45) is 17.8 Å². The van der Waals surface area contributed by atoms with Crippen LogP contribution in [0.15, 0.2) is 24.3 Å². The van der Waals surface area contributed by atoms with Crippen molar-refractivity contribution in [1.29, 1.82) is 0 Å². The minimum atomic E-state index is 0.341. The van der Waals surface area contributed by atoms with Crippen LogP contribution in [0.3, 0.4) is 0 Å². The number of rotatable bonds is 3. The molecule has 0 bridgehead atoms. The number of carbonyl (C=O) groups is 1. The monoisotopic (exact) mass is 192 g/mol. The molecule has 0 heterocycles. The Balaban J connectivity index is 2.78. The van der Waals surface area contributed by atoms with Crippen molar-refractivity contribution >= 4 is 6.29 Å². The van der Waals surface area contributed by atoms with Gasteiger partial charge < -0.3 is 0 Å². The van der Waals surface area contributed by atoms with Crippen molar-refractivity contribution in [3.05, 3.63) is 24.3 Å². The minimum Gasteiger partial charge on any atom is -0.298 e. The smallest absolute Gasteiger partial charge is 0.145 e. The highest BCUT2D eigenvalue weighted by atomic mass is 16.1. The highest BCUT2D eigenvalue weighted by Gasteiger charge is 2.30. The first-order valence-corrected chi connectivity index (χ1v) is 5.35. The molecule has 0 aromatic rings. The van der Waals surface area contributed by atoms with Gasteiger partial charge in [0, 0.05) is 0 Å². The maximum Gasteiger partial charge on any atom is 0.145 e. The van der Waals surface area contributed by atoms with Gasteiger partial charge in [-0.1, -0.05) is 32.1 Å². The van der Waals surface area contributed by atoms with Crippen LogP contribution in [0.2, 0.25) is 0 Å². The Hall–Kier alpha value is -0.850. The first kappa shape index (κ1) is 11.2. The molecule has 1 heteroatoms. The highest BCUT2D eigenvalue weighted by Crippen LogP contribution is 2.40. The lowest BCUT2D eigenvalue weighted by Crippen LogP contribution is -2.26. The van der Waals surface area contributed by atoms with E-state index in [1.807, 2.05) is 0 Å². The van der Waals surface area contributed by atoms with Crippen LogP contribution in [-0.2, 0) is 4.79 Å². The fraction of sp³-hybridized carbons (Fsp3) is 0.615. The van der Waals surface area contributed by atoms with Gasteiger partial charge in [-0.15, -0.1) is 0 Å². The molecule has 1 rings (SSSR count). The third-order valence-electron chi connectivity index (χ3n) is 3.37. The van der Waals surface area contributed by atoms with Crippen molar-refractivity contribution in [2.45, 2.75) is 33.1 Å². The van der Waals surface area contributed by atoms with Crippen molar-refractivity contribution in [2.75, 3.05) is 0 Å². The van der Waals surface area contributed by atoms with Gasteiger partial charge in [0.15, 0.2) is 0 Å². The second-order valence-corrected chi connectivity index (χ2v) is 4.67. The van der Waals surface area contributed by atoms with Gasteiger partial charge in [-0.25, -0.2) is 0 Å². The van der Waals surface area contributed by atoms with Crippen LogP contribution in [0, 0.1) is 17.8 Å². The second-order valence-electron chi connectivity index (χ2n) is 4.67. The summed E-state index contributed by atoms with van der Waals surface area (Å²) in [6.07, 6.45) is 4.42. The van der Waals surface area contributed by atoms with Crippen molar-refractivity contribution < 1.29 is 4.79 Å². The number of carbonyl (C=O) groups excluding carboxylic acids is 1. The topological polar surface area (TPSA) is 17.1 Å². The number of allylic oxidation sites excluding steroid dienone is 2. The average Bonchev–Trinajstić information content (AvgIpc) is 2.16. The number of hydrogen-bond donors (Lipinski definition) is 0. The van der Waals surface area contributed by atoms with Crippen LogP contribution in [0.4, 0.5) is 0 Å². The summed E-state index contributed by atoms with van der Waals surface area (Å²) in [4.78, 5) is 10.7. The van der Waals surface area contributed by atoms with Crippen LogP contribution in [0.1, 0.15) is 33.1 Å². The van der Waals surface area contributed by atoms with Crippen LogP contribution in [0.5, 0.6) is 0 Å². The van der Waals surface area contributed by atoms with Crippen LogP contribution in [0.25, 0.3) is 0 Å². The molecule has 3 atom stereocenters. The van der Waals surface area contributed by atoms with Crippen LogP contribution >= 0.6 is 0 Å². The van der Waals surface area contributed by atoms with Gasteiger partial charge in [-0.05, 0) is 43.1 Å². The zero-order valence-electron chi connectivity index (χ0n) is 9.25. The van der Waals surface area contributed by atoms with E-state index in [0.717, 1.165) is 24.7 Å². The highest BCUT2D eigenvalue weighted by molar-refractivity contribution is 5.73. The molecule has 1 saturated carbocycles. The summed E-state index contributed by atoms with van der Waals surface area (Å²) in [5.41, 5.74) is 1.95. The zero-order valence-corrected chi connectivity index (χ0v) is 9.25. The van der Waals surface area contributed by atoms with E-state index in [1.54, 1.807) is 0 Å². The van der Waals surface area contributed by atoms with E-state index in [1.165, 1.54) is 12.0 Å². The van der Waals surface area contributed by atoms with Crippen molar-refractivity contribution in [3.63, 3.8) is 0 Å². The molecule has 0 aromatic carbocycles. The van der Waals surface area contributed by atoms with Crippen LogP contribution < -0.4 is 0 Å². The Kier molecular flexibility index (Phi) is 3.68. The molecule has 0 amide bonds. The lowest BCUT2D eigenvalue weighted by atomic mass is 9.69. The fourth-order valence-corrected chi connectivity index (χ4v) is 2.47. The summed E-state index contributed by atoms with van der Waals surface area (Å²) < 4.78 is 0. The molecule has 0 aromatic heterocycles. The van der Waals surface area contributed by atoms with Gasteiger partial charge in [-0.3, -0.25) is 4.79 Å². The quantitative estimate of drug-likeness (QED) is 0.380. The number of aldehydes is 1. The lowest BCUT2D eigenvalue weighted by molar-refractivity contribution is -0.105. The summed E-state index contributed by atoms with van der Waals surface area (Å²) in [6, 6.07) is 0. The Morgan fingerprint density at radius 3 is 2.43 bits per heavy atom. The first-order valence-electron chi connectivity index (χ1n) is 5.35. The molecule has 0 radical (unpaired) electrons. The molecular weight excluding hydrogens is 172 g/mol. The van der Waals surface area contributed by atoms with E-state index in [4.69, 9.17) is 0 Å². The molecule has 0 N–H and O–H groups in total. The zero-order chi connectivity index (χ0) is 10.7. The predicted molar refractivity (Wildman–Crippen MR) is 60.0 cm³/mol. The summed E-state index contributed by atoms with van der Waals surface area (Å²) >= 11 is 0. The van der Waals surface area contributed by atoms with E-state index in [-0.39, 0.29) is 0 Å². The molecule has 1 fully saturated rings. The molecule has 3 unspecified atom stereocenters. The molecule has 1 aliphatic rings. The standard InChI is InChI=1S/C13H20O/c1-9(2)12-6-5-10(3)7-13(12)11(4)8-14/h8,10,12-13H,1,4-7H2,2-3H3. The summed E-state index contributed by atoms with van der Waals surface area (Å²) in [5, 5.41) is 0. The molecule has 0 saturated heterocycles. The predicted octanol–water partition coefficient (Wildman–Crippen LogP) is 3.37. The first-order chi connectivity index (χ1) is 6.56. The van der Waals surface area contributed by atoms with Crippen molar-refractivity contribution in [3.8, 4) is 0 Å². The van der Waals surface area contributed by atoms with E-state index < -0.39 is 0 Å². The molecular formula is C13H20O. The Morgan fingerprint density at radius 1 is 1.29 bits per heavy atom. The maximum absolute atomic E-state index is 10.7. The Morgan fingerprint density at radius 2 is 1.93 bits per heavy atom. The molecule has 78 valence electrons. The summed E-state index contributed by atoms with van der Waals surface area (Å²) in [5.74, 6) is 1.53. The third-order valence-corrected chi connectivity index (χ3v) is 3.37. The average molecular weight is 192 g/mol. The molecule has 0 aliphatic heterocycles. The van der Waals surface area contributed by atoms with Crippen molar-refractivity contribution in [1.82, 2.24) is 0 Å². The van der Waals surface area contributed by atoms with Gasteiger partial charge in [0.05, 0.1) is 0 Å². The van der Waals surface area contributed by atoms with Crippen LogP contribution in [-0.4, -0.2) is 6.29 Å². The van der Waals surface area contributed by atoms with Gasteiger partial charge in [0.2, 0.25) is 0 Å². The van der Waals surface area contributed by atoms with Gasteiger partial charge in [0.25, 0.3) is 0 Å². The molecule has 1 aliphatic carbocycles. The normalized spacial score (nSPS) is 32.3. The minimum absolute atomic E-state index is 0.341. The van der Waals surface area contributed by atoms with Gasteiger partial charge in [-0.2, -0.15) is 0 Å². The molecule has 1 nitrogen and oxygen atoms in total. The largest absolute Gasteiger partial charge is 0.298 e. The molecule has 0 spiro atoms. The van der Waals surface area contributed by atoms with Gasteiger partial charge >= 0.3 is 0 Å². The Labute approximate surface area is 86.9 Å². The number of hydrogen-bond acceptors (Lipinski definition) is 1. The second kappa shape index (κ2) is 4.59. The van der Waals surface area contributed by atoms with E-state index in [9.17, 15) is 4.79 Å². The maximum atomic E-state index is 10.7. The summed E-state index contributed by atoms with van der Waals surface area (Å²) in [7, 11) is 0. The fourth-order valence-electron chi connectivity index (χ4n) is 2.47. The molecule has 14 heavy (non-hydrogen) atoms. The Bertz CT molecular complexity index is 252. The van der Waals surface area contributed by atoms with E-state index in [0.29, 0.717) is 17.8 Å². The summed E-state index contributed by atoms with van der Waals surface area (Å²) in [6.45, 7) is 12.2. The van der Waals surface area contributed by atoms with E-state index >= 15 is 0 Å². The lowest BCUT2D eigenvalue weighted by Gasteiger charge is -2.35. The van der Waals surface area contributed by atoms with E-state index in [2.05, 4.69) is 27.0 Å². The van der Waals surface area contributed by atoms with Gasteiger partial charge in [0.1, 0.15) is 6.29 Å². The third kappa shape index (κ3) is 2.34. The SMILES string of the molecule is C=C(C)C1CCC(C)CC1C(=C)C=O.